The van der Waals surface area contributed by atoms with Crippen LogP contribution in [0.4, 0.5) is 17.3 Å². The van der Waals surface area contributed by atoms with E-state index < -0.39 is 4.92 Å². The highest BCUT2D eigenvalue weighted by atomic mass is 16.6. The Bertz CT molecular complexity index is 399. The number of nitrogens with one attached hydrogen (secondary N) is 1. The quantitative estimate of drug-likeness (QED) is 0.345. The van der Waals surface area contributed by atoms with Crippen molar-refractivity contribution in [2.45, 2.75) is 6.92 Å². The summed E-state index contributed by atoms with van der Waals surface area (Å²) < 4.78 is 0. The van der Waals surface area contributed by atoms with Gasteiger partial charge in [0.1, 0.15) is 6.33 Å². The molecule has 0 fully saturated rings. The summed E-state index contributed by atoms with van der Waals surface area (Å²) in [4.78, 5) is 19.5. The maximum atomic E-state index is 11.0. The molecule has 0 aliphatic carbocycles. The smallest absolute Gasteiger partial charge is 0.354 e. The second-order valence-corrected chi connectivity index (χ2v) is 3.10. The van der Waals surface area contributed by atoms with Crippen molar-refractivity contribution in [1.82, 2.24) is 9.97 Å². The third-order valence-corrected chi connectivity index (χ3v) is 2.17. The Kier molecular flexibility index (Phi) is 4.55. The average Bonchev–Trinajstić information content (AvgIpc) is 2.34. The minimum atomic E-state index is -0.607. The van der Waals surface area contributed by atoms with Crippen LogP contribution in [-0.4, -0.2) is 39.7 Å². The molecule has 9 heteroatoms. The van der Waals surface area contributed by atoms with Gasteiger partial charge in [0.05, 0.1) is 11.5 Å². The molecule has 17 heavy (non-hydrogen) atoms. The molecule has 0 amide bonds. The van der Waals surface area contributed by atoms with E-state index in [0.29, 0.717) is 6.54 Å². The van der Waals surface area contributed by atoms with E-state index in [4.69, 9.17) is 10.9 Å². The number of nitro groups is 1. The van der Waals surface area contributed by atoms with Gasteiger partial charge in [-0.05, 0) is 6.92 Å². The molecule has 0 radical (unpaired) electrons. The number of anilines is 2. The summed E-state index contributed by atoms with van der Waals surface area (Å²) in [6.07, 6.45) is 1.18. The Morgan fingerprint density at radius 2 is 2.35 bits per heavy atom. The number of nitrogens with zero attached hydrogens (tertiary/aromatic N) is 4. The first-order chi connectivity index (χ1) is 8.15. The van der Waals surface area contributed by atoms with E-state index in [2.05, 4.69) is 15.4 Å². The van der Waals surface area contributed by atoms with Gasteiger partial charge in [-0.1, -0.05) is 0 Å². The molecule has 0 atom stereocenters. The first-order valence-corrected chi connectivity index (χ1v) is 4.97. The molecule has 0 spiro atoms. The Labute approximate surface area is 97.4 Å². The van der Waals surface area contributed by atoms with Gasteiger partial charge < -0.3 is 15.4 Å². The molecule has 0 saturated heterocycles. The van der Waals surface area contributed by atoms with E-state index in [1.165, 1.54) is 6.33 Å². The van der Waals surface area contributed by atoms with Crippen LogP contribution in [0.5, 0.6) is 0 Å². The van der Waals surface area contributed by atoms with E-state index in [1.807, 2.05) is 0 Å². The van der Waals surface area contributed by atoms with Crippen LogP contribution in [0, 0.1) is 10.1 Å². The predicted octanol–water partition coefficient (Wildman–Crippen LogP) is -0.511. The number of nitrogens with two attached hydrogens (primary N) is 1. The lowest BCUT2D eigenvalue weighted by molar-refractivity contribution is -0.383. The minimum Gasteiger partial charge on any atom is -0.395 e. The third kappa shape index (κ3) is 2.77. The highest BCUT2D eigenvalue weighted by Crippen LogP contribution is 2.30. The summed E-state index contributed by atoms with van der Waals surface area (Å²) >= 11 is 0. The molecule has 1 rings (SSSR count). The number of aromatic nitrogens is 2. The van der Waals surface area contributed by atoms with Gasteiger partial charge in [0.25, 0.3) is 0 Å². The van der Waals surface area contributed by atoms with Crippen molar-refractivity contribution in [3.05, 3.63) is 16.4 Å². The summed E-state index contributed by atoms with van der Waals surface area (Å²) in [6, 6.07) is 0. The molecule has 0 aromatic carbocycles. The number of hydrogen-bond acceptors (Lipinski definition) is 8. The van der Waals surface area contributed by atoms with Gasteiger partial charge in [-0.3, -0.25) is 10.1 Å². The number of aliphatic hydroxyl groups is 1. The summed E-state index contributed by atoms with van der Waals surface area (Å²) in [5.74, 6) is 5.24. The zero-order chi connectivity index (χ0) is 12.8. The fraction of sp³-hybridized carbons (Fsp3) is 0.500. The first-order valence-electron chi connectivity index (χ1n) is 4.97. The summed E-state index contributed by atoms with van der Waals surface area (Å²) in [6.45, 7) is 2.40. The zero-order valence-corrected chi connectivity index (χ0v) is 9.33. The first kappa shape index (κ1) is 13.1. The SMILES string of the molecule is CCN(CCO)c1ncnc(NN)c1[N+](=O)[O-]. The van der Waals surface area contributed by atoms with Crippen LogP contribution in [0.3, 0.4) is 0 Å². The van der Waals surface area contributed by atoms with Gasteiger partial charge in [0.15, 0.2) is 0 Å². The monoisotopic (exact) mass is 242 g/mol. The lowest BCUT2D eigenvalue weighted by Crippen LogP contribution is -2.28. The fourth-order valence-electron chi connectivity index (χ4n) is 1.41. The van der Waals surface area contributed by atoms with Crippen molar-refractivity contribution in [2.75, 3.05) is 30.0 Å². The largest absolute Gasteiger partial charge is 0.395 e. The lowest BCUT2D eigenvalue weighted by atomic mass is 10.3. The number of nitrogen functional groups attached to an aromatic ring is 1. The van der Waals surface area contributed by atoms with E-state index in [-0.39, 0.29) is 30.5 Å². The predicted molar refractivity (Wildman–Crippen MR) is 61.5 cm³/mol. The van der Waals surface area contributed by atoms with Crippen molar-refractivity contribution in [1.29, 1.82) is 0 Å². The van der Waals surface area contributed by atoms with E-state index in [1.54, 1.807) is 11.8 Å². The molecule has 0 bridgehead atoms. The van der Waals surface area contributed by atoms with Crippen molar-refractivity contribution in [2.24, 2.45) is 5.84 Å². The topological polar surface area (TPSA) is 130 Å². The van der Waals surface area contributed by atoms with Gasteiger partial charge in [0.2, 0.25) is 11.6 Å². The lowest BCUT2D eigenvalue weighted by Gasteiger charge is -2.20. The summed E-state index contributed by atoms with van der Waals surface area (Å²) in [5, 5.41) is 19.9. The average molecular weight is 242 g/mol. The van der Waals surface area contributed by atoms with Crippen LogP contribution < -0.4 is 16.2 Å². The Hall–Kier alpha value is -2.00. The number of rotatable bonds is 6. The van der Waals surface area contributed by atoms with E-state index >= 15 is 0 Å². The van der Waals surface area contributed by atoms with Crippen LogP contribution in [0.1, 0.15) is 6.92 Å². The number of aliphatic hydroxyl groups excluding tert-OH is 1. The standard InChI is InChI=1S/C8H14N6O3/c1-2-13(3-4-15)8-6(14(16)17)7(12-9)10-5-11-8/h5,15H,2-4,9H2,1H3,(H,10,11,12). The van der Waals surface area contributed by atoms with Gasteiger partial charge >= 0.3 is 5.69 Å². The Morgan fingerprint density at radius 1 is 1.65 bits per heavy atom. The van der Waals surface area contributed by atoms with Crippen molar-refractivity contribution >= 4 is 17.3 Å². The van der Waals surface area contributed by atoms with Crippen molar-refractivity contribution < 1.29 is 10.0 Å². The Morgan fingerprint density at radius 3 is 2.82 bits per heavy atom. The molecule has 94 valence electrons. The van der Waals surface area contributed by atoms with Crippen LogP contribution in [-0.2, 0) is 0 Å². The molecule has 1 aromatic heterocycles. The molecule has 0 unspecified atom stereocenters. The molecule has 1 aromatic rings. The van der Waals surface area contributed by atoms with Crippen LogP contribution in [0.2, 0.25) is 0 Å². The van der Waals surface area contributed by atoms with Gasteiger partial charge in [-0.15, -0.1) is 0 Å². The van der Waals surface area contributed by atoms with E-state index in [9.17, 15) is 10.1 Å². The second-order valence-electron chi connectivity index (χ2n) is 3.10. The molecule has 1 heterocycles. The summed E-state index contributed by atoms with van der Waals surface area (Å²) in [7, 11) is 0. The Balaban J connectivity index is 3.25. The molecular formula is C8H14N6O3. The number of hydrogen-bond donors (Lipinski definition) is 3. The third-order valence-electron chi connectivity index (χ3n) is 2.17. The highest BCUT2D eigenvalue weighted by Gasteiger charge is 2.25. The molecule has 0 aliphatic heterocycles. The van der Waals surface area contributed by atoms with Gasteiger partial charge in [-0.2, -0.15) is 0 Å². The molecule has 0 aliphatic rings. The zero-order valence-electron chi connectivity index (χ0n) is 9.33. The van der Waals surface area contributed by atoms with Crippen LogP contribution >= 0.6 is 0 Å². The van der Waals surface area contributed by atoms with Crippen LogP contribution in [0.15, 0.2) is 6.33 Å². The van der Waals surface area contributed by atoms with Crippen molar-refractivity contribution in [3.8, 4) is 0 Å². The van der Waals surface area contributed by atoms with Gasteiger partial charge in [-0.25, -0.2) is 15.8 Å². The normalized spacial score (nSPS) is 10.1. The summed E-state index contributed by atoms with van der Waals surface area (Å²) in [5.41, 5.74) is 1.86. The van der Waals surface area contributed by atoms with Crippen molar-refractivity contribution in [3.63, 3.8) is 0 Å². The maximum Gasteiger partial charge on any atom is 0.354 e. The highest BCUT2D eigenvalue weighted by molar-refractivity contribution is 5.69. The molecule has 9 nitrogen and oxygen atoms in total. The molecule has 4 N–H and O–H groups in total. The minimum absolute atomic E-state index is 0.0589. The van der Waals surface area contributed by atoms with Crippen LogP contribution in [0.25, 0.3) is 0 Å². The van der Waals surface area contributed by atoms with Gasteiger partial charge in [0, 0.05) is 13.1 Å². The molecule has 0 saturated carbocycles. The number of likely N-dealkylation sites (N-methyl/N-ethyl adjacent to an activating group) is 1. The molecular weight excluding hydrogens is 228 g/mol. The second kappa shape index (κ2) is 5.92. The maximum absolute atomic E-state index is 11.0. The fourth-order valence-corrected chi connectivity index (χ4v) is 1.41. The number of hydrazine groups is 1. The van der Waals surface area contributed by atoms with E-state index in [0.717, 1.165) is 0 Å².